The molecule has 5 nitrogen and oxygen atoms in total. The van der Waals surface area contributed by atoms with Gasteiger partial charge in [-0.25, -0.2) is 14.4 Å². The van der Waals surface area contributed by atoms with Gasteiger partial charge in [-0.15, -0.1) is 0 Å². The van der Waals surface area contributed by atoms with Crippen LogP contribution in [0.3, 0.4) is 0 Å². The van der Waals surface area contributed by atoms with Crippen molar-refractivity contribution in [3.8, 4) is 0 Å². The summed E-state index contributed by atoms with van der Waals surface area (Å²) < 4.78 is 19.7. The summed E-state index contributed by atoms with van der Waals surface area (Å²) >= 11 is 0. The number of nitrogens with zero attached hydrogens (tertiary/aromatic N) is 3. The molecular formula is C19H18FN3O2. The molecule has 1 saturated heterocycles. The summed E-state index contributed by atoms with van der Waals surface area (Å²) in [5.41, 5.74) is 1.92. The van der Waals surface area contributed by atoms with Crippen LogP contribution in [0.1, 0.15) is 41.4 Å². The summed E-state index contributed by atoms with van der Waals surface area (Å²) in [6.45, 7) is 1.45. The second kappa shape index (κ2) is 5.33. The minimum atomic E-state index is -0.470. The molecular weight excluding hydrogens is 321 g/mol. The van der Waals surface area contributed by atoms with E-state index < -0.39 is 5.60 Å². The van der Waals surface area contributed by atoms with Gasteiger partial charge in [-0.3, -0.25) is 4.79 Å². The number of hydrogen-bond donors (Lipinski definition) is 0. The molecule has 1 aliphatic carbocycles. The third-order valence-corrected chi connectivity index (χ3v) is 5.35. The Bertz CT molecular complexity index is 859. The summed E-state index contributed by atoms with van der Waals surface area (Å²) in [4.78, 5) is 23.3. The first-order valence-electron chi connectivity index (χ1n) is 8.66. The van der Waals surface area contributed by atoms with E-state index in [0.717, 1.165) is 17.1 Å². The molecule has 25 heavy (non-hydrogen) atoms. The van der Waals surface area contributed by atoms with Crippen LogP contribution < -0.4 is 0 Å². The zero-order valence-corrected chi connectivity index (χ0v) is 13.7. The van der Waals surface area contributed by atoms with Gasteiger partial charge < -0.3 is 9.64 Å². The van der Waals surface area contributed by atoms with Crippen LogP contribution in [0, 0.1) is 5.82 Å². The number of aromatic nitrogens is 2. The molecule has 1 spiro atoms. The number of ether oxygens (including phenoxy) is 1. The van der Waals surface area contributed by atoms with E-state index in [-0.39, 0.29) is 18.1 Å². The fourth-order valence-corrected chi connectivity index (χ4v) is 3.67. The Hall–Kier alpha value is -2.34. The lowest BCUT2D eigenvalue weighted by atomic mass is 9.87. The number of halogens is 1. The van der Waals surface area contributed by atoms with Crippen molar-refractivity contribution in [2.24, 2.45) is 0 Å². The maximum absolute atomic E-state index is 13.7. The Kier molecular flexibility index (Phi) is 3.19. The van der Waals surface area contributed by atoms with Crippen LogP contribution in [0.15, 0.2) is 30.5 Å². The molecule has 2 aliphatic heterocycles. The average molecular weight is 339 g/mol. The van der Waals surface area contributed by atoms with Gasteiger partial charge in [0.15, 0.2) is 0 Å². The Labute approximate surface area is 144 Å². The van der Waals surface area contributed by atoms with Gasteiger partial charge >= 0.3 is 0 Å². The van der Waals surface area contributed by atoms with Gasteiger partial charge in [0.2, 0.25) is 5.91 Å². The van der Waals surface area contributed by atoms with E-state index in [1.54, 1.807) is 23.1 Å². The van der Waals surface area contributed by atoms with Crippen molar-refractivity contribution in [2.75, 3.05) is 13.1 Å². The van der Waals surface area contributed by atoms with Crippen LogP contribution in [-0.4, -0.2) is 33.9 Å². The highest BCUT2D eigenvalue weighted by atomic mass is 19.1. The van der Waals surface area contributed by atoms with E-state index in [2.05, 4.69) is 9.97 Å². The predicted octanol–water partition coefficient (Wildman–Crippen LogP) is 2.30. The van der Waals surface area contributed by atoms with Gasteiger partial charge in [-0.05, 0) is 24.5 Å². The summed E-state index contributed by atoms with van der Waals surface area (Å²) in [6, 6.07) is 6.40. The quantitative estimate of drug-likeness (QED) is 0.861. The van der Waals surface area contributed by atoms with Crippen molar-refractivity contribution in [3.05, 3.63) is 58.9 Å². The van der Waals surface area contributed by atoms with Crippen molar-refractivity contribution in [1.82, 2.24) is 14.9 Å². The second-order valence-corrected chi connectivity index (χ2v) is 7.16. The van der Waals surface area contributed by atoms with Crippen LogP contribution in [-0.2, 0) is 28.2 Å². The van der Waals surface area contributed by atoms with Crippen LogP contribution in [0.2, 0.25) is 0 Å². The molecule has 2 fully saturated rings. The molecule has 6 heteroatoms. The van der Waals surface area contributed by atoms with Crippen molar-refractivity contribution < 1.29 is 13.9 Å². The Morgan fingerprint density at radius 3 is 2.88 bits per heavy atom. The lowest BCUT2D eigenvalue weighted by molar-refractivity contribution is -0.168. The largest absolute Gasteiger partial charge is 0.360 e. The highest BCUT2D eigenvalue weighted by Gasteiger charge is 2.52. The number of fused-ring (bicyclic) bond motifs is 2. The zero-order valence-electron chi connectivity index (χ0n) is 13.7. The van der Waals surface area contributed by atoms with E-state index in [0.29, 0.717) is 31.2 Å². The standard InChI is InChI=1S/C19H18FN3O2/c20-15-4-2-1-3-13(15)7-17(24)23-10-19(11-23)14-8-21-18(12-5-6-12)22-16(14)9-25-19/h1-4,8,12H,5-7,9-11H2. The van der Waals surface area contributed by atoms with Crippen LogP contribution in [0.25, 0.3) is 0 Å². The molecule has 1 aromatic carbocycles. The van der Waals surface area contributed by atoms with Gasteiger partial charge in [0.05, 0.1) is 31.8 Å². The fraction of sp³-hybridized carbons (Fsp3) is 0.421. The van der Waals surface area contributed by atoms with Crippen LogP contribution >= 0.6 is 0 Å². The van der Waals surface area contributed by atoms with Crippen molar-refractivity contribution in [1.29, 1.82) is 0 Å². The molecule has 0 N–H and O–H groups in total. The number of benzene rings is 1. The predicted molar refractivity (Wildman–Crippen MR) is 87.2 cm³/mol. The molecule has 2 aromatic rings. The molecule has 0 unspecified atom stereocenters. The first kappa shape index (κ1) is 15.0. The topological polar surface area (TPSA) is 55.3 Å². The van der Waals surface area contributed by atoms with Crippen molar-refractivity contribution in [3.63, 3.8) is 0 Å². The Morgan fingerprint density at radius 2 is 2.12 bits per heavy atom. The summed E-state index contributed by atoms with van der Waals surface area (Å²) in [6.07, 6.45) is 4.29. The summed E-state index contributed by atoms with van der Waals surface area (Å²) in [7, 11) is 0. The molecule has 128 valence electrons. The monoisotopic (exact) mass is 339 g/mol. The highest BCUT2D eigenvalue weighted by Crippen LogP contribution is 2.44. The number of amides is 1. The van der Waals surface area contributed by atoms with E-state index in [1.165, 1.54) is 18.9 Å². The highest BCUT2D eigenvalue weighted by molar-refractivity contribution is 5.80. The van der Waals surface area contributed by atoms with Crippen molar-refractivity contribution in [2.45, 2.75) is 37.4 Å². The second-order valence-electron chi connectivity index (χ2n) is 7.16. The lowest BCUT2D eigenvalue weighted by Gasteiger charge is -2.47. The molecule has 3 aliphatic rings. The van der Waals surface area contributed by atoms with Crippen LogP contribution in [0.4, 0.5) is 4.39 Å². The zero-order chi connectivity index (χ0) is 17.0. The number of carbonyl (C=O) groups excluding carboxylic acids is 1. The molecule has 0 atom stereocenters. The third kappa shape index (κ3) is 2.43. The molecule has 5 rings (SSSR count). The van der Waals surface area contributed by atoms with E-state index in [1.807, 2.05) is 6.20 Å². The number of likely N-dealkylation sites (tertiary alicyclic amines) is 1. The number of rotatable bonds is 3. The smallest absolute Gasteiger partial charge is 0.227 e. The maximum atomic E-state index is 13.7. The van der Waals surface area contributed by atoms with Gasteiger partial charge in [-0.1, -0.05) is 18.2 Å². The van der Waals surface area contributed by atoms with Gasteiger partial charge in [0.1, 0.15) is 17.2 Å². The maximum Gasteiger partial charge on any atom is 0.227 e. The Balaban J connectivity index is 1.29. The number of carbonyl (C=O) groups is 1. The van der Waals surface area contributed by atoms with Gasteiger partial charge in [-0.2, -0.15) is 0 Å². The summed E-state index contributed by atoms with van der Waals surface area (Å²) in [5.74, 6) is 1.02. The van der Waals surface area contributed by atoms with Crippen molar-refractivity contribution >= 4 is 5.91 Å². The molecule has 1 amide bonds. The number of hydrogen-bond acceptors (Lipinski definition) is 4. The van der Waals surface area contributed by atoms with E-state index in [4.69, 9.17) is 4.74 Å². The average Bonchev–Trinajstić information content (AvgIpc) is 3.36. The SMILES string of the molecule is O=C(Cc1ccccc1F)N1CC2(C1)OCc1nc(C3CC3)ncc12. The van der Waals surface area contributed by atoms with Crippen LogP contribution in [0.5, 0.6) is 0 Å². The van der Waals surface area contributed by atoms with Gasteiger partial charge in [0, 0.05) is 17.7 Å². The molecule has 1 aromatic heterocycles. The minimum absolute atomic E-state index is 0.0761. The lowest BCUT2D eigenvalue weighted by Crippen LogP contribution is -2.61. The first-order chi connectivity index (χ1) is 12.1. The molecule has 3 heterocycles. The molecule has 0 bridgehead atoms. The Morgan fingerprint density at radius 1 is 1.32 bits per heavy atom. The first-order valence-corrected chi connectivity index (χ1v) is 8.66. The normalized spacial score (nSPS) is 20.4. The van der Waals surface area contributed by atoms with Gasteiger partial charge in [0.25, 0.3) is 0 Å². The van der Waals surface area contributed by atoms with E-state index in [9.17, 15) is 9.18 Å². The van der Waals surface area contributed by atoms with E-state index >= 15 is 0 Å². The third-order valence-electron chi connectivity index (χ3n) is 5.35. The molecule has 0 radical (unpaired) electrons. The minimum Gasteiger partial charge on any atom is -0.360 e. The summed E-state index contributed by atoms with van der Waals surface area (Å²) in [5, 5.41) is 0. The fourth-order valence-electron chi connectivity index (χ4n) is 3.67. The molecule has 1 saturated carbocycles.